The number of aliphatic hydroxyl groups is 1. The summed E-state index contributed by atoms with van der Waals surface area (Å²) in [6.45, 7) is 3.97. The van der Waals surface area contributed by atoms with Gasteiger partial charge in [-0.15, -0.1) is 0 Å². The second-order valence-electron chi connectivity index (χ2n) is 3.17. The quantitative estimate of drug-likeness (QED) is 0.515. The molecule has 1 saturated heterocycles. The lowest BCUT2D eigenvalue weighted by Crippen LogP contribution is -2.31. The fourth-order valence-corrected chi connectivity index (χ4v) is 1.29. The highest BCUT2D eigenvalue weighted by atomic mass is 16.5. The lowest BCUT2D eigenvalue weighted by Gasteiger charge is -2.13. The number of rotatable bonds is 8. The van der Waals surface area contributed by atoms with Crippen molar-refractivity contribution in [2.75, 3.05) is 52.7 Å². The molecule has 0 spiro atoms. The molecule has 15 heavy (non-hydrogen) atoms. The third-order valence-electron chi connectivity index (χ3n) is 2.06. The molecule has 0 aliphatic carbocycles. The van der Waals surface area contributed by atoms with E-state index in [1.54, 1.807) is 4.90 Å². The number of hydrogen-bond donors (Lipinski definition) is 2. The van der Waals surface area contributed by atoms with E-state index in [-0.39, 0.29) is 12.6 Å². The van der Waals surface area contributed by atoms with Crippen molar-refractivity contribution < 1.29 is 19.4 Å². The van der Waals surface area contributed by atoms with Crippen LogP contribution in [0.4, 0.5) is 4.79 Å². The van der Waals surface area contributed by atoms with E-state index in [4.69, 9.17) is 14.6 Å². The number of amides is 2. The molecule has 6 heteroatoms. The molecule has 2 N–H and O–H groups in total. The third kappa shape index (κ3) is 4.96. The summed E-state index contributed by atoms with van der Waals surface area (Å²) < 4.78 is 10.3. The normalized spacial score (nSPS) is 15.8. The van der Waals surface area contributed by atoms with Gasteiger partial charge in [0.2, 0.25) is 0 Å². The maximum absolute atomic E-state index is 11.1. The highest BCUT2D eigenvalue weighted by molar-refractivity contribution is 5.76. The average molecular weight is 218 g/mol. The summed E-state index contributed by atoms with van der Waals surface area (Å²) in [5.74, 6) is 0. The average Bonchev–Trinajstić information content (AvgIpc) is 2.63. The molecule has 0 bridgehead atoms. The van der Waals surface area contributed by atoms with E-state index in [1.807, 2.05) is 0 Å². The smallest absolute Gasteiger partial charge is 0.317 e. The largest absolute Gasteiger partial charge is 0.394 e. The predicted molar refractivity (Wildman–Crippen MR) is 53.7 cm³/mol. The van der Waals surface area contributed by atoms with Gasteiger partial charge in [-0.3, -0.25) is 0 Å². The van der Waals surface area contributed by atoms with Crippen LogP contribution in [0.2, 0.25) is 0 Å². The van der Waals surface area contributed by atoms with Crippen LogP contribution in [0.1, 0.15) is 0 Å². The Labute approximate surface area is 89.1 Å². The van der Waals surface area contributed by atoms with Gasteiger partial charge in [-0.2, -0.15) is 0 Å². The molecule has 0 radical (unpaired) electrons. The van der Waals surface area contributed by atoms with Crippen LogP contribution in [0.15, 0.2) is 0 Å². The number of carbonyl (C=O) groups excluding carboxylic acids is 1. The number of urea groups is 1. The van der Waals surface area contributed by atoms with E-state index < -0.39 is 0 Å². The molecule has 0 aromatic carbocycles. The first-order chi connectivity index (χ1) is 7.34. The van der Waals surface area contributed by atoms with Crippen molar-refractivity contribution in [2.24, 2.45) is 0 Å². The minimum atomic E-state index is -0.0184. The summed E-state index contributed by atoms with van der Waals surface area (Å²) in [6, 6.07) is -0.0184. The van der Waals surface area contributed by atoms with Gasteiger partial charge in [0.25, 0.3) is 0 Å². The SMILES string of the molecule is O=C1NCCN1CCOCCOCCO. The Morgan fingerprint density at radius 2 is 2.00 bits per heavy atom. The standard InChI is InChI=1S/C9H18N2O4/c12-4-6-15-8-7-14-5-3-11-2-1-10-9(11)13/h12H,1-8H2,(H,10,13). The van der Waals surface area contributed by atoms with Gasteiger partial charge in [0.05, 0.1) is 33.0 Å². The molecule has 1 aliphatic heterocycles. The second kappa shape index (κ2) is 7.44. The Morgan fingerprint density at radius 3 is 2.60 bits per heavy atom. The van der Waals surface area contributed by atoms with Gasteiger partial charge in [-0.25, -0.2) is 4.79 Å². The molecule has 0 aromatic rings. The van der Waals surface area contributed by atoms with Crippen molar-refractivity contribution in [3.05, 3.63) is 0 Å². The zero-order valence-electron chi connectivity index (χ0n) is 8.78. The van der Waals surface area contributed by atoms with Crippen LogP contribution in [0.25, 0.3) is 0 Å². The number of hydrogen-bond acceptors (Lipinski definition) is 4. The Balaban J connectivity index is 1.86. The fourth-order valence-electron chi connectivity index (χ4n) is 1.29. The first-order valence-corrected chi connectivity index (χ1v) is 5.13. The molecule has 1 fully saturated rings. The van der Waals surface area contributed by atoms with Crippen molar-refractivity contribution in [1.29, 1.82) is 0 Å². The Hall–Kier alpha value is -0.850. The fraction of sp³-hybridized carbons (Fsp3) is 0.889. The molecule has 88 valence electrons. The second-order valence-corrected chi connectivity index (χ2v) is 3.17. The van der Waals surface area contributed by atoms with Gasteiger partial charge < -0.3 is 24.8 Å². The van der Waals surface area contributed by atoms with Crippen molar-refractivity contribution in [3.63, 3.8) is 0 Å². The Kier molecular flexibility index (Phi) is 6.06. The maximum Gasteiger partial charge on any atom is 0.317 e. The summed E-state index contributed by atoms with van der Waals surface area (Å²) in [5.41, 5.74) is 0. The zero-order valence-corrected chi connectivity index (χ0v) is 8.78. The van der Waals surface area contributed by atoms with E-state index in [0.717, 1.165) is 13.1 Å². The maximum atomic E-state index is 11.1. The first kappa shape index (κ1) is 12.2. The van der Waals surface area contributed by atoms with E-state index in [0.29, 0.717) is 33.0 Å². The first-order valence-electron chi connectivity index (χ1n) is 5.13. The molecular weight excluding hydrogens is 200 g/mol. The van der Waals surface area contributed by atoms with Crippen molar-refractivity contribution in [1.82, 2.24) is 10.2 Å². The lowest BCUT2D eigenvalue weighted by molar-refractivity contribution is 0.0298. The predicted octanol–water partition coefficient (Wildman–Crippen LogP) is -0.963. The summed E-state index contributed by atoms with van der Waals surface area (Å²) in [7, 11) is 0. The molecular formula is C9H18N2O4. The third-order valence-corrected chi connectivity index (χ3v) is 2.06. The molecule has 0 unspecified atom stereocenters. The summed E-state index contributed by atoms with van der Waals surface area (Å²) in [5, 5.41) is 11.1. The number of nitrogens with one attached hydrogen (secondary N) is 1. The number of carbonyl (C=O) groups is 1. The minimum absolute atomic E-state index is 0.0184. The Bertz CT molecular complexity index is 189. The summed E-state index contributed by atoms with van der Waals surface area (Å²) in [4.78, 5) is 12.8. The molecule has 0 aromatic heterocycles. The van der Waals surface area contributed by atoms with E-state index in [1.165, 1.54) is 0 Å². The zero-order chi connectivity index (χ0) is 10.9. The van der Waals surface area contributed by atoms with Gasteiger partial charge in [0.1, 0.15) is 0 Å². The van der Waals surface area contributed by atoms with E-state index >= 15 is 0 Å². The van der Waals surface area contributed by atoms with Crippen LogP contribution in [0.5, 0.6) is 0 Å². The monoisotopic (exact) mass is 218 g/mol. The minimum Gasteiger partial charge on any atom is -0.394 e. The molecule has 0 saturated carbocycles. The van der Waals surface area contributed by atoms with Gasteiger partial charge in [-0.1, -0.05) is 0 Å². The number of ether oxygens (including phenoxy) is 2. The molecule has 6 nitrogen and oxygen atoms in total. The van der Waals surface area contributed by atoms with Crippen molar-refractivity contribution >= 4 is 6.03 Å². The number of nitrogens with zero attached hydrogens (tertiary/aromatic N) is 1. The lowest BCUT2D eigenvalue weighted by atomic mass is 10.5. The van der Waals surface area contributed by atoms with Crippen LogP contribution >= 0.6 is 0 Å². The van der Waals surface area contributed by atoms with Gasteiger partial charge in [-0.05, 0) is 0 Å². The van der Waals surface area contributed by atoms with E-state index in [2.05, 4.69) is 5.32 Å². The van der Waals surface area contributed by atoms with Crippen molar-refractivity contribution in [3.8, 4) is 0 Å². The highest BCUT2D eigenvalue weighted by Gasteiger charge is 2.18. The van der Waals surface area contributed by atoms with Gasteiger partial charge in [0, 0.05) is 19.6 Å². The summed E-state index contributed by atoms with van der Waals surface area (Å²) in [6.07, 6.45) is 0. The molecule has 2 amide bonds. The van der Waals surface area contributed by atoms with Crippen LogP contribution in [-0.4, -0.2) is 68.7 Å². The molecule has 1 rings (SSSR count). The van der Waals surface area contributed by atoms with Crippen molar-refractivity contribution in [2.45, 2.75) is 0 Å². The molecule has 1 heterocycles. The van der Waals surface area contributed by atoms with Crippen LogP contribution < -0.4 is 5.32 Å². The van der Waals surface area contributed by atoms with Gasteiger partial charge >= 0.3 is 6.03 Å². The van der Waals surface area contributed by atoms with Gasteiger partial charge in [0.15, 0.2) is 0 Å². The van der Waals surface area contributed by atoms with E-state index in [9.17, 15) is 4.79 Å². The highest BCUT2D eigenvalue weighted by Crippen LogP contribution is 1.95. The topological polar surface area (TPSA) is 71.0 Å². The molecule has 1 aliphatic rings. The van der Waals surface area contributed by atoms with Crippen LogP contribution in [-0.2, 0) is 9.47 Å². The molecule has 0 atom stereocenters. The Morgan fingerprint density at radius 1 is 1.27 bits per heavy atom. The van der Waals surface area contributed by atoms with Crippen LogP contribution in [0, 0.1) is 0 Å². The van der Waals surface area contributed by atoms with Crippen LogP contribution in [0.3, 0.4) is 0 Å². The number of aliphatic hydroxyl groups excluding tert-OH is 1. The summed E-state index contributed by atoms with van der Waals surface area (Å²) >= 11 is 0.